The number of hydrogen-bond acceptors (Lipinski definition) is 4. The molecule has 1 aliphatic heterocycles. The van der Waals surface area contributed by atoms with Gasteiger partial charge in [-0.1, -0.05) is 6.07 Å². The van der Waals surface area contributed by atoms with E-state index in [1.807, 2.05) is 26.1 Å². The summed E-state index contributed by atoms with van der Waals surface area (Å²) in [5.74, 6) is -0.331. The maximum absolute atomic E-state index is 13.1. The van der Waals surface area contributed by atoms with Crippen LogP contribution in [0.1, 0.15) is 38.1 Å². The molecule has 1 fully saturated rings. The minimum atomic E-state index is -0.498. The fourth-order valence-corrected chi connectivity index (χ4v) is 3.47. The molecule has 1 saturated heterocycles. The lowest BCUT2D eigenvalue weighted by Gasteiger charge is -2.29. The van der Waals surface area contributed by atoms with Gasteiger partial charge in [0.15, 0.2) is 5.11 Å². The van der Waals surface area contributed by atoms with E-state index in [2.05, 4.69) is 23.7 Å². The molecular weight excluding hydrogens is 374 g/mol. The highest BCUT2D eigenvalue weighted by atomic mass is 32.1. The molecule has 6 nitrogen and oxygen atoms in total. The molecule has 0 aliphatic carbocycles. The third kappa shape index (κ3) is 3.84. The third-order valence-corrected chi connectivity index (χ3v) is 4.71. The fraction of sp³-hybridized carbons (Fsp3) is 0.286. The Morgan fingerprint density at radius 3 is 2.64 bits per heavy atom. The first-order valence-corrected chi connectivity index (χ1v) is 9.55. The van der Waals surface area contributed by atoms with Crippen molar-refractivity contribution in [2.75, 3.05) is 11.5 Å². The van der Waals surface area contributed by atoms with Crippen molar-refractivity contribution in [3.05, 3.63) is 53.4 Å². The van der Waals surface area contributed by atoms with E-state index in [4.69, 9.17) is 17.0 Å². The van der Waals surface area contributed by atoms with Crippen LogP contribution >= 0.6 is 12.2 Å². The summed E-state index contributed by atoms with van der Waals surface area (Å²) in [6, 6.07) is 9.29. The van der Waals surface area contributed by atoms with Gasteiger partial charge in [0, 0.05) is 24.0 Å². The molecule has 7 heteroatoms. The quantitative estimate of drug-likeness (QED) is 0.476. The van der Waals surface area contributed by atoms with Crippen molar-refractivity contribution in [2.24, 2.45) is 0 Å². The van der Waals surface area contributed by atoms with E-state index < -0.39 is 11.8 Å². The SMILES string of the molecule is CCOc1cccc(N2C(=O)/C(=C\c3cc(C)n(C(C)C)c3)C(=O)NC2=S)c1. The van der Waals surface area contributed by atoms with Crippen molar-refractivity contribution in [1.29, 1.82) is 0 Å². The summed E-state index contributed by atoms with van der Waals surface area (Å²) < 4.78 is 7.59. The summed E-state index contributed by atoms with van der Waals surface area (Å²) in [7, 11) is 0. The molecule has 1 aliphatic rings. The van der Waals surface area contributed by atoms with Gasteiger partial charge in [-0.25, -0.2) is 0 Å². The zero-order chi connectivity index (χ0) is 20.4. The number of aromatic nitrogens is 1. The minimum absolute atomic E-state index is 0.0383. The molecule has 28 heavy (non-hydrogen) atoms. The second-order valence-electron chi connectivity index (χ2n) is 6.80. The lowest BCUT2D eigenvalue weighted by molar-refractivity contribution is -0.122. The molecule has 0 unspecified atom stereocenters. The Balaban J connectivity index is 1.98. The normalized spacial score (nSPS) is 16.1. The highest BCUT2D eigenvalue weighted by molar-refractivity contribution is 7.80. The average Bonchev–Trinajstić information content (AvgIpc) is 3.00. The topological polar surface area (TPSA) is 63.6 Å². The zero-order valence-electron chi connectivity index (χ0n) is 16.4. The largest absolute Gasteiger partial charge is 0.494 e. The van der Waals surface area contributed by atoms with Crippen molar-refractivity contribution < 1.29 is 14.3 Å². The van der Waals surface area contributed by atoms with Crippen molar-refractivity contribution in [3.63, 3.8) is 0 Å². The average molecular weight is 398 g/mol. The molecule has 0 radical (unpaired) electrons. The van der Waals surface area contributed by atoms with Gasteiger partial charge in [-0.3, -0.25) is 19.8 Å². The number of carbonyl (C=O) groups excluding carboxylic acids is 2. The third-order valence-electron chi connectivity index (χ3n) is 4.43. The zero-order valence-corrected chi connectivity index (χ0v) is 17.2. The van der Waals surface area contributed by atoms with Gasteiger partial charge in [-0.15, -0.1) is 0 Å². The summed E-state index contributed by atoms with van der Waals surface area (Å²) in [6.45, 7) is 8.54. The first-order valence-electron chi connectivity index (χ1n) is 9.14. The molecule has 0 spiro atoms. The van der Waals surface area contributed by atoms with Gasteiger partial charge in [0.05, 0.1) is 12.3 Å². The molecule has 1 aromatic carbocycles. The predicted octanol–water partition coefficient (Wildman–Crippen LogP) is 3.61. The summed E-state index contributed by atoms with van der Waals surface area (Å²) in [5, 5.41) is 2.66. The number of benzene rings is 1. The van der Waals surface area contributed by atoms with Gasteiger partial charge in [0.2, 0.25) is 0 Å². The monoisotopic (exact) mass is 397 g/mol. The minimum Gasteiger partial charge on any atom is -0.494 e. The van der Waals surface area contributed by atoms with E-state index in [9.17, 15) is 9.59 Å². The first kappa shape index (κ1) is 19.8. The number of hydrogen-bond donors (Lipinski definition) is 1. The van der Waals surface area contributed by atoms with Crippen LogP contribution in [0.3, 0.4) is 0 Å². The van der Waals surface area contributed by atoms with Crippen LogP contribution in [0.15, 0.2) is 42.1 Å². The van der Waals surface area contributed by atoms with Crippen LogP contribution < -0.4 is 15.0 Å². The summed E-state index contributed by atoms with van der Waals surface area (Å²) in [4.78, 5) is 26.9. The van der Waals surface area contributed by atoms with Crippen molar-refractivity contribution >= 4 is 40.9 Å². The smallest absolute Gasteiger partial charge is 0.270 e. The molecular formula is C21H23N3O3S. The molecule has 3 rings (SSSR count). The number of thiocarbonyl (C=S) groups is 1. The molecule has 2 heterocycles. The Labute approximate surface area is 169 Å². The number of anilines is 1. The number of nitrogens with zero attached hydrogens (tertiary/aromatic N) is 2. The standard InChI is InChI=1S/C21H23N3O3S/c1-5-27-17-8-6-7-16(11-17)24-20(26)18(19(25)22-21(24)28)10-15-9-14(4)23(12-15)13(2)3/h6-13H,5H2,1-4H3,(H,22,25,28)/b18-10-. The van der Waals surface area contributed by atoms with E-state index >= 15 is 0 Å². The highest BCUT2D eigenvalue weighted by Gasteiger charge is 2.34. The van der Waals surface area contributed by atoms with E-state index in [1.165, 1.54) is 4.90 Å². The molecule has 1 N–H and O–H groups in total. The van der Waals surface area contributed by atoms with Gasteiger partial charge in [-0.2, -0.15) is 0 Å². The highest BCUT2D eigenvalue weighted by Crippen LogP contribution is 2.26. The van der Waals surface area contributed by atoms with E-state index in [1.54, 1.807) is 30.3 Å². The predicted molar refractivity (Wildman–Crippen MR) is 113 cm³/mol. The molecule has 146 valence electrons. The number of rotatable bonds is 5. The number of nitrogens with one attached hydrogen (secondary N) is 1. The fourth-order valence-electron chi connectivity index (χ4n) is 3.19. The van der Waals surface area contributed by atoms with Crippen molar-refractivity contribution in [1.82, 2.24) is 9.88 Å². The lowest BCUT2D eigenvalue weighted by atomic mass is 10.1. The van der Waals surface area contributed by atoms with Crippen LogP contribution in [0.4, 0.5) is 5.69 Å². The number of carbonyl (C=O) groups is 2. The Kier molecular flexibility index (Phi) is 5.65. The first-order chi connectivity index (χ1) is 13.3. The Bertz CT molecular complexity index is 975. The summed E-state index contributed by atoms with van der Waals surface area (Å²) in [5.41, 5.74) is 2.43. The number of amides is 2. The molecule has 0 saturated carbocycles. The van der Waals surface area contributed by atoms with E-state index in [0.29, 0.717) is 18.0 Å². The molecule has 2 aromatic rings. The van der Waals surface area contributed by atoms with Crippen molar-refractivity contribution in [2.45, 2.75) is 33.7 Å². The van der Waals surface area contributed by atoms with Gasteiger partial charge >= 0.3 is 0 Å². The van der Waals surface area contributed by atoms with Gasteiger partial charge in [-0.05, 0) is 69.8 Å². The Morgan fingerprint density at radius 2 is 2.00 bits per heavy atom. The lowest BCUT2D eigenvalue weighted by Crippen LogP contribution is -2.54. The van der Waals surface area contributed by atoms with Gasteiger partial charge in [0.25, 0.3) is 11.8 Å². The maximum Gasteiger partial charge on any atom is 0.270 e. The van der Waals surface area contributed by atoms with Crippen LogP contribution in [0.5, 0.6) is 5.75 Å². The van der Waals surface area contributed by atoms with Crippen LogP contribution in [-0.4, -0.2) is 28.1 Å². The molecule has 0 bridgehead atoms. The number of ether oxygens (including phenoxy) is 1. The van der Waals surface area contributed by atoms with Gasteiger partial charge in [0.1, 0.15) is 11.3 Å². The van der Waals surface area contributed by atoms with E-state index in [-0.39, 0.29) is 16.7 Å². The molecule has 0 atom stereocenters. The summed E-state index contributed by atoms with van der Waals surface area (Å²) in [6.07, 6.45) is 3.53. The van der Waals surface area contributed by atoms with E-state index in [0.717, 1.165) is 11.3 Å². The molecule has 1 aromatic heterocycles. The van der Waals surface area contributed by atoms with Crippen LogP contribution in [0.2, 0.25) is 0 Å². The van der Waals surface area contributed by atoms with Crippen LogP contribution in [0, 0.1) is 6.92 Å². The van der Waals surface area contributed by atoms with Crippen LogP contribution in [0.25, 0.3) is 6.08 Å². The van der Waals surface area contributed by atoms with Gasteiger partial charge < -0.3 is 9.30 Å². The van der Waals surface area contributed by atoms with Crippen molar-refractivity contribution in [3.8, 4) is 5.75 Å². The second-order valence-corrected chi connectivity index (χ2v) is 7.19. The Morgan fingerprint density at radius 1 is 1.25 bits per heavy atom. The maximum atomic E-state index is 13.1. The molecule has 2 amide bonds. The summed E-state index contributed by atoms with van der Waals surface area (Å²) >= 11 is 5.25. The second kappa shape index (κ2) is 7.98. The number of aryl methyl sites for hydroxylation is 1. The van der Waals surface area contributed by atoms with Crippen LogP contribution in [-0.2, 0) is 9.59 Å². The Hall–Kier alpha value is -2.93.